The van der Waals surface area contributed by atoms with Crippen molar-refractivity contribution in [3.05, 3.63) is 51.8 Å². The van der Waals surface area contributed by atoms with Gasteiger partial charge in [0.05, 0.1) is 23.8 Å². The molecule has 3 aromatic rings. The average Bonchev–Trinajstić information content (AvgIpc) is 3.55. The zero-order chi connectivity index (χ0) is 21.8. The van der Waals surface area contributed by atoms with E-state index >= 15 is 0 Å². The van der Waals surface area contributed by atoms with E-state index in [4.69, 9.17) is 14.2 Å². The maximum Gasteiger partial charge on any atom is 0.259 e. The van der Waals surface area contributed by atoms with E-state index in [2.05, 4.69) is 4.90 Å². The number of pyridine rings is 1. The predicted octanol–water partition coefficient (Wildman–Crippen LogP) is 3.44. The van der Waals surface area contributed by atoms with Crippen molar-refractivity contribution in [3.8, 4) is 28.5 Å². The Morgan fingerprint density at radius 2 is 1.69 bits per heavy atom. The third-order valence-electron chi connectivity index (χ3n) is 6.77. The molecule has 0 radical (unpaired) electrons. The van der Waals surface area contributed by atoms with Gasteiger partial charge in [-0.15, -0.1) is 0 Å². The number of ether oxygens (including phenoxy) is 3. The largest absolute Gasteiger partial charge is 0.497 e. The Bertz CT molecular complexity index is 1320. The molecule has 2 aliphatic heterocycles. The Balaban J connectivity index is 1.54. The van der Waals surface area contributed by atoms with Gasteiger partial charge in [-0.25, -0.2) is 0 Å². The van der Waals surface area contributed by atoms with E-state index in [0.717, 1.165) is 31.6 Å². The maximum atomic E-state index is 13.7. The first-order valence-electron chi connectivity index (χ1n) is 11.1. The molecule has 7 nitrogen and oxygen atoms in total. The third-order valence-corrected chi connectivity index (χ3v) is 6.77. The van der Waals surface area contributed by atoms with Gasteiger partial charge >= 0.3 is 0 Å². The lowest BCUT2D eigenvalue weighted by Crippen LogP contribution is -2.27. The molecule has 0 amide bonds. The fourth-order valence-corrected chi connectivity index (χ4v) is 5.20. The van der Waals surface area contributed by atoms with Gasteiger partial charge in [0.15, 0.2) is 17.3 Å². The highest BCUT2D eigenvalue weighted by Gasteiger charge is 2.35. The van der Waals surface area contributed by atoms with Crippen molar-refractivity contribution in [2.24, 2.45) is 0 Å². The molecule has 3 aliphatic rings. The highest BCUT2D eigenvalue weighted by Crippen LogP contribution is 2.46. The first-order valence-corrected chi connectivity index (χ1v) is 11.1. The molecule has 3 heterocycles. The van der Waals surface area contributed by atoms with E-state index in [-0.39, 0.29) is 18.1 Å². The number of hydrogen-bond donors (Lipinski definition) is 0. The molecular weight excluding hydrogens is 408 g/mol. The van der Waals surface area contributed by atoms with Crippen LogP contribution in [0.15, 0.2) is 35.1 Å². The molecule has 0 saturated carbocycles. The fraction of sp³-hybridized carbons (Fsp3) is 0.360. The van der Waals surface area contributed by atoms with Crippen LogP contribution in [0.25, 0.3) is 22.0 Å². The average molecular weight is 432 g/mol. The summed E-state index contributed by atoms with van der Waals surface area (Å²) >= 11 is 0. The molecule has 1 fully saturated rings. The highest BCUT2D eigenvalue weighted by molar-refractivity contribution is 6.27. The molecule has 32 heavy (non-hydrogen) atoms. The first-order chi connectivity index (χ1) is 15.7. The number of aromatic nitrogens is 1. The molecule has 7 heteroatoms. The van der Waals surface area contributed by atoms with E-state index in [1.54, 1.807) is 29.9 Å². The third kappa shape index (κ3) is 2.84. The summed E-state index contributed by atoms with van der Waals surface area (Å²) in [5, 5.41) is 1.16. The number of likely N-dealkylation sites (tertiary alicyclic amines) is 1. The number of benzene rings is 2. The second kappa shape index (κ2) is 7.38. The smallest absolute Gasteiger partial charge is 0.259 e. The van der Waals surface area contributed by atoms with Gasteiger partial charge in [0.1, 0.15) is 5.75 Å². The van der Waals surface area contributed by atoms with Crippen LogP contribution in [0.5, 0.6) is 17.2 Å². The SMILES string of the molecule is COc1ccc2c3c(n(CCCN4CCCC4)c(=O)c2c1)-c1cc2c(cc1C3=O)OCO2. The van der Waals surface area contributed by atoms with E-state index in [9.17, 15) is 9.59 Å². The summed E-state index contributed by atoms with van der Waals surface area (Å²) in [5.74, 6) is 1.69. The lowest BCUT2D eigenvalue weighted by atomic mass is 10.0. The molecule has 1 aliphatic carbocycles. The Morgan fingerprint density at radius 3 is 2.44 bits per heavy atom. The van der Waals surface area contributed by atoms with Crippen molar-refractivity contribution >= 4 is 16.6 Å². The minimum absolute atomic E-state index is 0.0863. The Hall–Kier alpha value is -3.32. The standard InChI is InChI=1S/C25H24N2O5/c1-30-15-5-6-16-19(11-15)25(29)27(10-4-9-26-7-2-3-8-26)23-17-12-20-21(32-14-31-20)13-18(17)24(28)22(16)23/h5-6,11-13H,2-4,7-10,14H2,1H3. The van der Waals surface area contributed by atoms with Crippen molar-refractivity contribution in [2.45, 2.75) is 25.8 Å². The van der Waals surface area contributed by atoms with Crippen LogP contribution in [0.1, 0.15) is 35.2 Å². The number of rotatable bonds is 5. The van der Waals surface area contributed by atoms with E-state index in [1.165, 1.54) is 12.8 Å². The van der Waals surface area contributed by atoms with Crippen molar-refractivity contribution in [3.63, 3.8) is 0 Å². The molecule has 0 spiro atoms. The van der Waals surface area contributed by atoms with Gasteiger partial charge in [-0.1, -0.05) is 0 Å². The van der Waals surface area contributed by atoms with E-state index in [1.807, 2.05) is 12.1 Å². The highest BCUT2D eigenvalue weighted by atomic mass is 16.7. The molecule has 164 valence electrons. The molecule has 2 aromatic carbocycles. The molecule has 1 aromatic heterocycles. The minimum atomic E-state index is -0.0996. The van der Waals surface area contributed by atoms with Gasteiger partial charge in [0, 0.05) is 23.1 Å². The summed E-state index contributed by atoms with van der Waals surface area (Å²) in [5.41, 5.74) is 2.46. The van der Waals surface area contributed by atoms with Crippen LogP contribution in [0.2, 0.25) is 0 Å². The van der Waals surface area contributed by atoms with Crippen LogP contribution in [-0.4, -0.2) is 48.8 Å². The van der Waals surface area contributed by atoms with Crippen molar-refractivity contribution in [1.82, 2.24) is 9.47 Å². The van der Waals surface area contributed by atoms with Gasteiger partial charge in [-0.3, -0.25) is 9.59 Å². The van der Waals surface area contributed by atoms with Gasteiger partial charge in [0.25, 0.3) is 5.56 Å². The zero-order valence-electron chi connectivity index (χ0n) is 18.0. The van der Waals surface area contributed by atoms with E-state index < -0.39 is 0 Å². The number of carbonyl (C=O) groups is 1. The van der Waals surface area contributed by atoms with Gasteiger partial charge in [0.2, 0.25) is 6.79 Å². The van der Waals surface area contributed by atoms with Crippen LogP contribution in [0, 0.1) is 0 Å². The molecular formula is C25H24N2O5. The van der Waals surface area contributed by atoms with Gasteiger partial charge in [-0.2, -0.15) is 0 Å². The quantitative estimate of drug-likeness (QED) is 0.481. The number of hydrogen-bond acceptors (Lipinski definition) is 6. The summed E-state index contributed by atoms with van der Waals surface area (Å²) < 4.78 is 18.2. The Labute approximate surface area is 185 Å². The van der Waals surface area contributed by atoms with Crippen LogP contribution in [-0.2, 0) is 6.54 Å². The number of carbonyl (C=O) groups excluding carboxylic acids is 1. The zero-order valence-corrected chi connectivity index (χ0v) is 18.0. The summed E-state index contributed by atoms with van der Waals surface area (Å²) in [7, 11) is 1.58. The minimum Gasteiger partial charge on any atom is -0.497 e. The van der Waals surface area contributed by atoms with Crippen LogP contribution < -0.4 is 19.8 Å². The van der Waals surface area contributed by atoms with Crippen LogP contribution in [0.4, 0.5) is 0 Å². The molecule has 6 rings (SSSR count). The Kier molecular flexibility index (Phi) is 4.47. The molecule has 0 atom stereocenters. The van der Waals surface area contributed by atoms with Gasteiger partial charge < -0.3 is 23.7 Å². The molecule has 0 N–H and O–H groups in total. The van der Waals surface area contributed by atoms with Crippen molar-refractivity contribution < 1.29 is 19.0 Å². The van der Waals surface area contributed by atoms with Gasteiger partial charge in [-0.05, 0) is 69.2 Å². The molecule has 0 unspecified atom stereocenters. The van der Waals surface area contributed by atoms with Crippen molar-refractivity contribution in [1.29, 1.82) is 0 Å². The molecule has 0 bridgehead atoms. The van der Waals surface area contributed by atoms with Crippen LogP contribution in [0.3, 0.4) is 0 Å². The number of methoxy groups -OCH3 is 1. The number of ketones is 1. The summed E-state index contributed by atoms with van der Waals surface area (Å²) in [6.07, 6.45) is 3.32. The van der Waals surface area contributed by atoms with Crippen LogP contribution >= 0.6 is 0 Å². The monoisotopic (exact) mass is 432 g/mol. The maximum absolute atomic E-state index is 13.7. The number of fused-ring (bicyclic) bond motifs is 6. The fourth-order valence-electron chi connectivity index (χ4n) is 5.20. The normalized spacial score (nSPS) is 16.6. The lowest BCUT2D eigenvalue weighted by Gasteiger charge is -2.18. The summed E-state index contributed by atoms with van der Waals surface area (Å²) in [6, 6.07) is 8.93. The summed E-state index contributed by atoms with van der Waals surface area (Å²) in [6.45, 7) is 3.87. The predicted molar refractivity (Wildman–Crippen MR) is 120 cm³/mol. The van der Waals surface area contributed by atoms with E-state index in [0.29, 0.717) is 51.4 Å². The number of nitrogens with zero attached hydrogens (tertiary/aromatic N) is 2. The molecule has 1 saturated heterocycles. The Morgan fingerprint density at radius 1 is 0.938 bits per heavy atom. The topological polar surface area (TPSA) is 70.0 Å². The summed E-state index contributed by atoms with van der Waals surface area (Å²) in [4.78, 5) is 29.6. The second-order valence-corrected chi connectivity index (χ2v) is 8.57. The lowest BCUT2D eigenvalue weighted by molar-refractivity contribution is 0.104. The second-order valence-electron chi connectivity index (χ2n) is 8.57. The van der Waals surface area contributed by atoms with Crippen molar-refractivity contribution in [2.75, 3.05) is 33.5 Å². The first kappa shape index (κ1) is 19.4.